The summed E-state index contributed by atoms with van der Waals surface area (Å²) >= 11 is 1.47. The Hall–Kier alpha value is -3.53. The molecule has 0 saturated carbocycles. The Morgan fingerprint density at radius 2 is 2.15 bits per heavy atom. The highest BCUT2D eigenvalue weighted by atomic mass is 32.1. The molecule has 0 atom stereocenters. The second kappa shape index (κ2) is 7.00. The summed E-state index contributed by atoms with van der Waals surface area (Å²) in [5.41, 5.74) is 2.27. The van der Waals surface area contributed by atoms with Gasteiger partial charge in [0.05, 0.1) is 17.8 Å². The molecule has 0 unspecified atom stereocenters. The number of amides is 1. The van der Waals surface area contributed by atoms with Crippen LogP contribution in [0.15, 0.2) is 40.1 Å². The third-order valence-electron chi connectivity index (χ3n) is 3.67. The maximum absolute atomic E-state index is 12.4. The minimum absolute atomic E-state index is 0.0156. The van der Waals surface area contributed by atoms with Gasteiger partial charge in [-0.25, -0.2) is 4.98 Å². The fraction of sp³-hybridized carbons (Fsp3) is 0.118. The summed E-state index contributed by atoms with van der Waals surface area (Å²) in [5, 5.41) is 19.8. The van der Waals surface area contributed by atoms with E-state index in [9.17, 15) is 4.79 Å². The summed E-state index contributed by atoms with van der Waals surface area (Å²) in [6, 6.07) is 9.01. The molecule has 0 aliphatic rings. The van der Waals surface area contributed by atoms with Crippen LogP contribution in [-0.4, -0.2) is 38.4 Å². The average molecular weight is 382 g/mol. The second-order valence-corrected chi connectivity index (χ2v) is 6.58. The van der Waals surface area contributed by atoms with Crippen LogP contribution < -0.4 is 10.1 Å². The van der Waals surface area contributed by atoms with Crippen molar-refractivity contribution in [3.8, 4) is 28.6 Å². The van der Waals surface area contributed by atoms with Crippen molar-refractivity contribution in [1.29, 1.82) is 0 Å². The van der Waals surface area contributed by atoms with E-state index in [0.717, 1.165) is 10.6 Å². The highest BCUT2D eigenvalue weighted by Gasteiger charge is 2.16. The number of carbonyl (C=O) groups excluding carboxylic acids is 1. The standard InChI is InChI=1S/C17H14N6O3S/c1-9-18-14(8-27-9)16-22-23-17(26-16)19-15(24)13-7-12(20-21-13)10-4-3-5-11(6-10)25-2/h3-8H,1-2H3,(H,20,21)(H,19,23,24). The molecule has 0 saturated heterocycles. The molecule has 2 N–H and O–H groups in total. The zero-order valence-corrected chi connectivity index (χ0v) is 15.2. The highest BCUT2D eigenvalue weighted by Crippen LogP contribution is 2.24. The minimum atomic E-state index is -0.443. The van der Waals surface area contributed by atoms with Crippen molar-refractivity contribution in [2.45, 2.75) is 6.92 Å². The molecule has 1 amide bonds. The number of hydrogen-bond acceptors (Lipinski definition) is 8. The second-order valence-electron chi connectivity index (χ2n) is 5.52. The quantitative estimate of drug-likeness (QED) is 0.544. The van der Waals surface area contributed by atoms with E-state index in [0.29, 0.717) is 17.1 Å². The smallest absolute Gasteiger partial charge is 0.322 e. The first-order chi connectivity index (χ1) is 13.1. The number of thiazole rings is 1. The number of nitrogens with one attached hydrogen (secondary N) is 2. The predicted octanol–water partition coefficient (Wildman–Crippen LogP) is 3.15. The number of aromatic nitrogens is 5. The van der Waals surface area contributed by atoms with E-state index in [1.54, 1.807) is 13.2 Å². The average Bonchev–Trinajstić information content (AvgIpc) is 3.42. The van der Waals surface area contributed by atoms with Gasteiger partial charge in [0.2, 0.25) is 0 Å². The number of nitrogens with zero attached hydrogens (tertiary/aromatic N) is 4. The zero-order valence-electron chi connectivity index (χ0n) is 14.4. The van der Waals surface area contributed by atoms with E-state index < -0.39 is 5.91 Å². The normalized spacial score (nSPS) is 10.7. The summed E-state index contributed by atoms with van der Waals surface area (Å²) in [6.45, 7) is 1.88. The molecule has 4 aromatic rings. The molecule has 10 heteroatoms. The van der Waals surface area contributed by atoms with Crippen LogP contribution in [0.5, 0.6) is 5.75 Å². The number of carbonyl (C=O) groups is 1. The van der Waals surface area contributed by atoms with E-state index in [-0.39, 0.29) is 17.6 Å². The van der Waals surface area contributed by atoms with Gasteiger partial charge in [-0.3, -0.25) is 15.2 Å². The van der Waals surface area contributed by atoms with Crippen molar-refractivity contribution in [3.63, 3.8) is 0 Å². The molecule has 0 aliphatic carbocycles. The summed E-state index contributed by atoms with van der Waals surface area (Å²) in [4.78, 5) is 16.6. The molecule has 27 heavy (non-hydrogen) atoms. The Balaban J connectivity index is 1.49. The number of aromatic amines is 1. The molecule has 0 spiro atoms. The van der Waals surface area contributed by atoms with Crippen LogP contribution >= 0.6 is 11.3 Å². The van der Waals surface area contributed by atoms with Crippen LogP contribution in [0.4, 0.5) is 6.01 Å². The Bertz CT molecular complexity index is 1100. The third kappa shape index (κ3) is 3.55. The van der Waals surface area contributed by atoms with Gasteiger partial charge >= 0.3 is 6.01 Å². The lowest BCUT2D eigenvalue weighted by atomic mass is 10.1. The van der Waals surface area contributed by atoms with E-state index in [2.05, 4.69) is 30.7 Å². The highest BCUT2D eigenvalue weighted by molar-refractivity contribution is 7.09. The van der Waals surface area contributed by atoms with Gasteiger partial charge in [0, 0.05) is 10.9 Å². The van der Waals surface area contributed by atoms with Crippen molar-refractivity contribution in [3.05, 3.63) is 46.4 Å². The molecule has 3 aromatic heterocycles. The number of anilines is 1. The van der Waals surface area contributed by atoms with Crippen molar-refractivity contribution >= 4 is 23.3 Å². The lowest BCUT2D eigenvalue weighted by molar-refractivity contribution is 0.101. The van der Waals surface area contributed by atoms with Crippen LogP contribution in [0, 0.1) is 6.92 Å². The largest absolute Gasteiger partial charge is 0.497 e. The molecular formula is C17H14N6O3S. The molecular weight excluding hydrogens is 368 g/mol. The van der Waals surface area contributed by atoms with Crippen LogP contribution in [-0.2, 0) is 0 Å². The van der Waals surface area contributed by atoms with Gasteiger partial charge in [0.1, 0.15) is 17.1 Å². The third-order valence-corrected chi connectivity index (χ3v) is 4.45. The molecule has 1 aromatic carbocycles. The number of hydrogen-bond donors (Lipinski definition) is 2. The lowest BCUT2D eigenvalue weighted by Gasteiger charge is -2.01. The number of aryl methyl sites for hydroxylation is 1. The van der Waals surface area contributed by atoms with Crippen molar-refractivity contribution in [2.24, 2.45) is 0 Å². The summed E-state index contributed by atoms with van der Waals surface area (Å²) in [5.74, 6) is 0.509. The number of benzene rings is 1. The zero-order chi connectivity index (χ0) is 18.8. The van der Waals surface area contributed by atoms with Crippen LogP contribution in [0.25, 0.3) is 22.8 Å². The molecule has 0 radical (unpaired) electrons. The number of ether oxygens (including phenoxy) is 1. The molecule has 0 bridgehead atoms. The van der Waals surface area contributed by atoms with Crippen molar-refractivity contribution in [2.75, 3.05) is 12.4 Å². The first-order valence-corrected chi connectivity index (χ1v) is 8.77. The number of methoxy groups -OCH3 is 1. The molecule has 136 valence electrons. The molecule has 0 aliphatic heterocycles. The fourth-order valence-electron chi connectivity index (χ4n) is 2.37. The molecule has 0 fully saturated rings. The van der Waals surface area contributed by atoms with E-state index in [1.165, 1.54) is 11.3 Å². The number of rotatable bonds is 5. The van der Waals surface area contributed by atoms with Gasteiger partial charge in [0.25, 0.3) is 11.8 Å². The van der Waals surface area contributed by atoms with Crippen LogP contribution in [0.2, 0.25) is 0 Å². The predicted molar refractivity (Wildman–Crippen MR) is 98.7 cm³/mol. The summed E-state index contributed by atoms with van der Waals surface area (Å²) in [6.07, 6.45) is 0. The van der Waals surface area contributed by atoms with Gasteiger partial charge < -0.3 is 9.15 Å². The Kier molecular flexibility index (Phi) is 4.38. The van der Waals surface area contributed by atoms with Crippen molar-refractivity contribution in [1.82, 2.24) is 25.4 Å². The van der Waals surface area contributed by atoms with Crippen molar-refractivity contribution < 1.29 is 13.9 Å². The van der Waals surface area contributed by atoms with Gasteiger partial charge in [-0.2, -0.15) is 5.10 Å². The van der Waals surface area contributed by atoms with E-state index in [1.807, 2.05) is 36.6 Å². The van der Waals surface area contributed by atoms with Crippen LogP contribution in [0.3, 0.4) is 0 Å². The monoisotopic (exact) mass is 382 g/mol. The molecule has 4 rings (SSSR count). The lowest BCUT2D eigenvalue weighted by Crippen LogP contribution is -2.12. The van der Waals surface area contributed by atoms with E-state index in [4.69, 9.17) is 9.15 Å². The minimum Gasteiger partial charge on any atom is -0.497 e. The Morgan fingerprint density at radius 1 is 1.26 bits per heavy atom. The van der Waals surface area contributed by atoms with Gasteiger partial charge in [-0.1, -0.05) is 17.2 Å². The van der Waals surface area contributed by atoms with E-state index >= 15 is 0 Å². The maximum Gasteiger partial charge on any atom is 0.322 e. The first kappa shape index (κ1) is 16.9. The summed E-state index contributed by atoms with van der Waals surface area (Å²) < 4.78 is 10.6. The molecule has 9 nitrogen and oxygen atoms in total. The maximum atomic E-state index is 12.4. The number of H-pyrrole nitrogens is 1. The fourth-order valence-corrected chi connectivity index (χ4v) is 2.96. The van der Waals surface area contributed by atoms with Gasteiger partial charge in [0.15, 0.2) is 0 Å². The van der Waals surface area contributed by atoms with Crippen LogP contribution in [0.1, 0.15) is 15.5 Å². The van der Waals surface area contributed by atoms with Gasteiger partial charge in [-0.05, 0) is 25.1 Å². The first-order valence-electron chi connectivity index (χ1n) is 7.89. The SMILES string of the molecule is COc1cccc(-c2cc(C(=O)Nc3nnc(-c4csc(C)n4)o3)[nH]n2)c1. The topological polar surface area (TPSA) is 119 Å². The van der Waals surface area contributed by atoms with Gasteiger partial charge in [-0.15, -0.1) is 16.4 Å². The Morgan fingerprint density at radius 3 is 2.93 bits per heavy atom. The molecule has 3 heterocycles. The Labute approximate surface area is 157 Å². The summed E-state index contributed by atoms with van der Waals surface area (Å²) in [7, 11) is 1.59.